The number of hydrogen-bond acceptors (Lipinski definition) is 4. The molecule has 1 N–H and O–H groups in total. The molecule has 1 fully saturated rings. The maximum Gasteiger partial charge on any atom is 0.310 e. The fraction of sp³-hybridized carbons (Fsp3) is 0.526. The lowest BCUT2D eigenvalue weighted by Gasteiger charge is -2.34. The molecule has 1 unspecified atom stereocenters. The van der Waals surface area contributed by atoms with Crippen LogP contribution in [0.5, 0.6) is 0 Å². The molecule has 0 aliphatic carbocycles. The molecule has 1 aliphatic rings. The van der Waals surface area contributed by atoms with E-state index in [9.17, 15) is 4.79 Å². The number of piperidine rings is 1. The number of guanidine groups is 1. The van der Waals surface area contributed by atoms with Crippen molar-refractivity contribution in [2.24, 2.45) is 10.9 Å². The van der Waals surface area contributed by atoms with Gasteiger partial charge in [-0.25, -0.2) is 4.99 Å². The Morgan fingerprint density at radius 3 is 2.96 bits per heavy atom. The summed E-state index contributed by atoms with van der Waals surface area (Å²) in [4.78, 5) is 18.9. The topological polar surface area (TPSA) is 77.7 Å². The van der Waals surface area contributed by atoms with Gasteiger partial charge in [0, 0.05) is 19.6 Å². The van der Waals surface area contributed by atoms with Crippen LogP contribution in [-0.2, 0) is 16.1 Å². The van der Waals surface area contributed by atoms with Gasteiger partial charge in [-0.15, -0.1) is 24.0 Å². The molecule has 7 heteroatoms. The molecule has 1 heterocycles. The fourth-order valence-corrected chi connectivity index (χ4v) is 2.95. The van der Waals surface area contributed by atoms with Crippen molar-refractivity contribution in [1.82, 2.24) is 10.2 Å². The summed E-state index contributed by atoms with van der Waals surface area (Å²) in [7, 11) is 0. The quantitative estimate of drug-likeness (QED) is 0.310. The Balaban J connectivity index is 0.00000338. The number of rotatable bonds is 5. The molecule has 1 aliphatic heterocycles. The number of nitriles is 1. The first-order valence-electron chi connectivity index (χ1n) is 8.86. The number of halogens is 1. The van der Waals surface area contributed by atoms with Crippen molar-refractivity contribution in [3.8, 4) is 6.07 Å². The van der Waals surface area contributed by atoms with E-state index in [4.69, 9.17) is 15.0 Å². The van der Waals surface area contributed by atoms with Crippen LogP contribution in [-0.4, -0.2) is 43.1 Å². The summed E-state index contributed by atoms with van der Waals surface area (Å²) in [6.45, 7) is 7.04. The van der Waals surface area contributed by atoms with Gasteiger partial charge in [0.15, 0.2) is 5.96 Å². The number of esters is 1. The predicted octanol–water partition coefficient (Wildman–Crippen LogP) is 2.92. The Kier molecular flexibility index (Phi) is 10.0. The lowest BCUT2D eigenvalue weighted by Crippen LogP contribution is -2.48. The molecule has 0 bridgehead atoms. The number of ether oxygens (including phenoxy) is 1. The average Bonchev–Trinajstić information content (AvgIpc) is 2.65. The highest BCUT2D eigenvalue weighted by Crippen LogP contribution is 2.18. The van der Waals surface area contributed by atoms with Crippen molar-refractivity contribution in [2.45, 2.75) is 33.2 Å². The van der Waals surface area contributed by atoms with Gasteiger partial charge in [0.1, 0.15) is 0 Å². The minimum absolute atomic E-state index is 0. The van der Waals surface area contributed by atoms with Gasteiger partial charge in [-0.05, 0) is 44.4 Å². The molecule has 1 saturated heterocycles. The lowest BCUT2D eigenvalue weighted by molar-refractivity contribution is -0.149. The number of hydrogen-bond donors (Lipinski definition) is 1. The zero-order valence-corrected chi connectivity index (χ0v) is 17.7. The van der Waals surface area contributed by atoms with Crippen LogP contribution in [0.1, 0.15) is 37.8 Å². The highest BCUT2D eigenvalue weighted by Gasteiger charge is 2.28. The molecule has 0 amide bonds. The Labute approximate surface area is 172 Å². The van der Waals surface area contributed by atoms with E-state index in [2.05, 4.69) is 16.3 Å². The number of nitrogens with zero attached hydrogens (tertiary/aromatic N) is 3. The maximum atomic E-state index is 12.0. The number of nitrogens with one attached hydrogen (secondary N) is 1. The number of benzene rings is 1. The molecule has 26 heavy (non-hydrogen) atoms. The van der Waals surface area contributed by atoms with Crippen molar-refractivity contribution < 1.29 is 9.53 Å². The molecule has 142 valence electrons. The number of likely N-dealkylation sites (tertiary alicyclic amines) is 1. The molecule has 1 aromatic carbocycles. The molecular weight excluding hydrogens is 443 g/mol. The second-order valence-corrected chi connectivity index (χ2v) is 6.02. The van der Waals surface area contributed by atoms with Crippen molar-refractivity contribution in [1.29, 1.82) is 5.26 Å². The molecule has 1 aromatic rings. The second kappa shape index (κ2) is 11.7. The molecule has 0 saturated carbocycles. The Morgan fingerprint density at radius 2 is 2.27 bits per heavy atom. The van der Waals surface area contributed by atoms with Gasteiger partial charge in [0.05, 0.1) is 30.7 Å². The van der Waals surface area contributed by atoms with E-state index in [1.54, 1.807) is 6.07 Å². The lowest BCUT2D eigenvalue weighted by atomic mass is 9.98. The molecular formula is C19H27IN4O2. The van der Waals surface area contributed by atoms with Gasteiger partial charge in [-0.1, -0.05) is 12.1 Å². The summed E-state index contributed by atoms with van der Waals surface area (Å²) in [5, 5.41) is 12.3. The maximum absolute atomic E-state index is 12.0. The van der Waals surface area contributed by atoms with E-state index >= 15 is 0 Å². The largest absolute Gasteiger partial charge is 0.466 e. The first-order chi connectivity index (χ1) is 12.2. The van der Waals surface area contributed by atoms with Crippen LogP contribution >= 0.6 is 24.0 Å². The normalized spacial score (nSPS) is 17.0. The molecule has 2 rings (SSSR count). The third-order valence-corrected chi connectivity index (χ3v) is 4.14. The predicted molar refractivity (Wildman–Crippen MR) is 112 cm³/mol. The molecule has 1 atom stereocenters. The average molecular weight is 470 g/mol. The van der Waals surface area contributed by atoms with Gasteiger partial charge in [0.25, 0.3) is 0 Å². The van der Waals surface area contributed by atoms with E-state index < -0.39 is 0 Å². The minimum Gasteiger partial charge on any atom is -0.466 e. The van der Waals surface area contributed by atoms with E-state index in [0.717, 1.165) is 37.5 Å². The van der Waals surface area contributed by atoms with Gasteiger partial charge < -0.3 is 15.0 Å². The van der Waals surface area contributed by atoms with Crippen LogP contribution in [0.2, 0.25) is 0 Å². The Hall–Kier alpha value is -1.82. The molecule has 6 nitrogen and oxygen atoms in total. The minimum atomic E-state index is -0.121. The zero-order valence-electron chi connectivity index (χ0n) is 15.4. The third-order valence-electron chi connectivity index (χ3n) is 4.14. The Bertz CT molecular complexity index is 657. The summed E-state index contributed by atoms with van der Waals surface area (Å²) in [6.07, 6.45) is 1.80. The van der Waals surface area contributed by atoms with Crippen LogP contribution in [0, 0.1) is 17.2 Å². The van der Waals surface area contributed by atoms with Crippen LogP contribution in [0.25, 0.3) is 0 Å². The number of carbonyl (C=O) groups excluding carboxylic acids is 1. The summed E-state index contributed by atoms with van der Waals surface area (Å²) in [5.41, 5.74) is 1.63. The molecule has 0 aromatic heterocycles. The first-order valence-corrected chi connectivity index (χ1v) is 8.86. The molecule has 0 radical (unpaired) electrons. The van der Waals surface area contributed by atoms with E-state index in [-0.39, 0.29) is 35.9 Å². The van der Waals surface area contributed by atoms with Crippen LogP contribution in [0.4, 0.5) is 0 Å². The van der Waals surface area contributed by atoms with E-state index in [1.807, 2.05) is 32.0 Å². The van der Waals surface area contributed by atoms with Crippen LogP contribution in [0.3, 0.4) is 0 Å². The fourth-order valence-electron chi connectivity index (χ4n) is 2.95. The first kappa shape index (κ1) is 22.2. The summed E-state index contributed by atoms with van der Waals surface area (Å²) >= 11 is 0. The second-order valence-electron chi connectivity index (χ2n) is 6.02. The third kappa shape index (κ3) is 6.48. The number of aliphatic imine (C=N–C) groups is 1. The van der Waals surface area contributed by atoms with Gasteiger partial charge in [-0.2, -0.15) is 5.26 Å². The number of carbonyl (C=O) groups is 1. The standard InChI is InChI=1S/C19H26N4O2.HI/c1-3-21-19(22-13-16-8-5-7-15(11-16)12-20)23-10-6-9-17(14-23)18(24)25-4-2;/h5,7-8,11,17H,3-4,6,9-10,13-14H2,1-2H3,(H,21,22);1H. The van der Waals surface area contributed by atoms with Crippen molar-refractivity contribution >= 4 is 35.9 Å². The SMILES string of the molecule is CCNC(=NCc1cccc(C#N)c1)N1CCCC(C(=O)OCC)C1.I. The van der Waals surface area contributed by atoms with Gasteiger partial charge >= 0.3 is 5.97 Å². The Morgan fingerprint density at radius 1 is 1.46 bits per heavy atom. The zero-order chi connectivity index (χ0) is 18.1. The van der Waals surface area contributed by atoms with Crippen molar-refractivity contribution in [3.05, 3.63) is 35.4 Å². The summed E-state index contributed by atoms with van der Waals surface area (Å²) in [6, 6.07) is 9.62. The highest BCUT2D eigenvalue weighted by molar-refractivity contribution is 14.0. The van der Waals surface area contributed by atoms with Crippen LogP contribution < -0.4 is 5.32 Å². The highest BCUT2D eigenvalue weighted by atomic mass is 127. The summed E-state index contributed by atoms with van der Waals surface area (Å²) < 4.78 is 5.17. The van der Waals surface area contributed by atoms with Crippen molar-refractivity contribution in [3.63, 3.8) is 0 Å². The van der Waals surface area contributed by atoms with E-state index in [1.165, 1.54) is 0 Å². The van der Waals surface area contributed by atoms with Crippen LogP contribution in [0.15, 0.2) is 29.3 Å². The monoisotopic (exact) mass is 470 g/mol. The van der Waals surface area contributed by atoms with E-state index in [0.29, 0.717) is 25.3 Å². The van der Waals surface area contributed by atoms with Gasteiger partial charge in [0.2, 0.25) is 0 Å². The van der Waals surface area contributed by atoms with Crippen molar-refractivity contribution in [2.75, 3.05) is 26.2 Å². The molecule has 0 spiro atoms. The van der Waals surface area contributed by atoms with Gasteiger partial charge in [-0.3, -0.25) is 4.79 Å². The smallest absolute Gasteiger partial charge is 0.310 e. The summed E-state index contributed by atoms with van der Waals surface area (Å²) in [5.74, 6) is 0.586.